The molecule has 40 heavy (non-hydrogen) atoms. The maximum Gasteiger partial charge on any atom is 0.261 e. The Hall–Kier alpha value is -3.18. The van der Waals surface area contributed by atoms with Crippen LogP contribution in [0.15, 0.2) is 102 Å². The minimum atomic E-state index is -2.63. The highest BCUT2D eigenvalue weighted by Crippen LogP contribution is 2.38. The van der Waals surface area contributed by atoms with Gasteiger partial charge in [-0.25, -0.2) is 0 Å². The lowest BCUT2D eigenvalue weighted by molar-refractivity contribution is 0.116. The topological polar surface area (TPSA) is 38.7 Å². The van der Waals surface area contributed by atoms with Gasteiger partial charge in [-0.2, -0.15) is 0 Å². The van der Waals surface area contributed by atoms with E-state index >= 15 is 0 Å². The Morgan fingerprint density at radius 1 is 1.00 bits per heavy atom. The number of allylic oxidation sites excluding steroid dienone is 1. The third-order valence-electron chi connectivity index (χ3n) is 7.96. The van der Waals surface area contributed by atoms with E-state index < -0.39 is 8.32 Å². The van der Waals surface area contributed by atoms with Crippen LogP contribution in [-0.2, 0) is 9.16 Å². The molecule has 4 rings (SSSR count). The molecule has 0 aromatic heterocycles. The van der Waals surface area contributed by atoms with E-state index in [9.17, 15) is 5.11 Å². The molecule has 210 valence electrons. The summed E-state index contributed by atoms with van der Waals surface area (Å²) >= 11 is 0. The van der Waals surface area contributed by atoms with Gasteiger partial charge in [0.25, 0.3) is 8.32 Å². The smallest absolute Gasteiger partial charge is 0.261 e. The molecule has 1 aliphatic rings. The van der Waals surface area contributed by atoms with Crippen LogP contribution in [0, 0.1) is 13.8 Å². The maximum atomic E-state index is 10.1. The average Bonchev–Trinajstić information content (AvgIpc) is 3.40. The number of hydrogen-bond acceptors (Lipinski definition) is 3. The summed E-state index contributed by atoms with van der Waals surface area (Å²) in [6, 6.07) is 25.6. The summed E-state index contributed by atoms with van der Waals surface area (Å²) in [5.41, 5.74) is 6.38. The van der Waals surface area contributed by atoms with E-state index in [2.05, 4.69) is 107 Å². The zero-order valence-corrected chi connectivity index (χ0v) is 26.0. The first kappa shape index (κ1) is 29.8. The van der Waals surface area contributed by atoms with E-state index in [1.807, 2.05) is 26.0 Å². The number of rotatable bonds is 10. The molecular weight excluding hydrogens is 508 g/mol. The average molecular weight is 553 g/mol. The molecule has 1 aliphatic heterocycles. The largest absolute Gasteiger partial charge is 0.507 e. The number of ether oxygens (including phenoxy) is 1. The van der Waals surface area contributed by atoms with Crippen LogP contribution in [0.3, 0.4) is 0 Å². The van der Waals surface area contributed by atoms with Crippen molar-refractivity contribution in [3.8, 4) is 5.75 Å². The van der Waals surface area contributed by atoms with Crippen LogP contribution in [-0.4, -0.2) is 32.7 Å². The van der Waals surface area contributed by atoms with Gasteiger partial charge in [-0.3, -0.25) is 0 Å². The Labute approximate surface area is 242 Å². The molecule has 0 spiro atoms. The molecule has 0 fully saturated rings. The van der Waals surface area contributed by atoms with Crippen molar-refractivity contribution in [2.24, 2.45) is 0 Å². The summed E-state index contributed by atoms with van der Waals surface area (Å²) < 4.78 is 13.3. The van der Waals surface area contributed by atoms with Crippen LogP contribution >= 0.6 is 0 Å². The van der Waals surface area contributed by atoms with E-state index in [4.69, 9.17) is 9.16 Å². The van der Waals surface area contributed by atoms with Crippen molar-refractivity contribution < 1.29 is 14.3 Å². The summed E-state index contributed by atoms with van der Waals surface area (Å²) in [7, 11) is -2.63. The summed E-state index contributed by atoms with van der Waals surface area (Å²) in [5.74, 6) is 0.378. The number of benzene rings is 3. The van der Waals surface area contributed by atoms with Crippen LogP contribution in [0.25, 0.3) is 6.08 Å². The number of aromatic hydroxyl groups is 1. The molecule has 1 heterocycles. The molecule has 3 aromatic rings. The molecule has 0 radical (unpaired) electrons. The molecule has 3 aromatic carbocycles. The first-order chi connectivity index (χ1) is 19.0. The van der Waals surface area contributed by atoms with Gasteiger partial charge in [0.1, 0.15) is 5.75 Å². The normalized spacial score (nSPS) is 16.2. The molecule has 0 saturated heterocycles. The van der Waals surface area contributed by atoms with Gasteiger partial charge in [0.15, 0.2) is 0 Å². The van der Waals surface area contributed by atoms with Crippen molar-refractivity contribution in [1.29, 1.82) is 0 Å². The van der Waals surface area contributed by atoms with Crippen molar-refractivity contribution in [2.75, 3.05) is 13.2 Å². The number of phenolic OH excluding ortho intramolecular Hbond substituents is 1. The standard InChI is InChI=1S/C36H44O3Si/c1-26(22-30-23-27(2)35(37)28(3)24-30)18-19-34-33(20-21-38-34)29(4)25-39-40(36(5,6)7,31-14-10-8-11-15-31)32-16-12-9-13-17-32/h8-17,20,22-24,34,37H,4,18-19,21,25H2,1-3,5-7H3/b26-22+. The predicted molar refractivity (Wildman–Crippen MR) is 171 cm³/mol. The second-order valence-electron chi connectivity index (χ2n) is 12.1. The molecule has 3 nitrogen and oxygen atoms in total. The van der Waals surface area contributed by atoms with Gasteiger partial charge >= 0.3 is 0 Å². The summed E-state index contributed by atoms with van der Waals surface area (Å²) in [6.07, 6.45) is 6.21. The van der Waals surface area contributed by atoms with Crippen molar-refractivity contribution in [2.45, 2.75) is 65.5 Å². The van der Waals surface area contributed by atoms with E-state index in [1.54, 1.807) is 0 Å². The third-order valence-corrected chi connectivity index (χ3v) is 12.9. The minimum Gasteiger partial charge on any atom is -0.507 e. The highest BCUT2D eigenvalue weighted by atomic mass is 28.4. The zero-order valence-electron chi connectivity index (χ0n) is 25.0. The van der Waals surface area contributed by atoms with Gasteiger partial charge in [-0.15, -0.1) is 0 Å². The lowest BCUT2D eigenvalue weighted by atomic mass is 9.97. The first-order valence-corrected chi connectivity index (χ1v) is 16.2. The van der Waals surface area contributed by atoms with Gasteiger partial charge in [-0.05, 0) is 89.0 Å². The van der Waals surface area contributed by atoms with E-state index in [1.165, 1.54) is 21.5 Å². The molecule has 1 N–H and O–H groups in total. The number of hydrogen-bond donors (Lipinski definition) is 1. The highest BCUT2D eigenvalue weighted by Gasteiger charge is 2.50. The lowest BCUT2D eigenvalue weighted by Gasteiger charge is -2.43. The number of phenols is 1. The summed E-state index contributed by atoms with van der Waals surface area (Å²) in [6.45, 7) is 18.5. The summed E-state index contributed by atoms with van der Waals surface area (Å²) in [5, 5.41) is 12.6. The molecule has 0 saturated carbocycles. The second kappa shape index (κ2) is 12.6. The lowest BCUT2D eigenvalue weighted by Crippen LogP contribution is -2.66. The van der Waals surface area contributed by atoms with Crippen molar-refractivity contribution in [3.63, 3.8) is 0 Å². The van der Waals surface area contributed by atoms with E-state index in [0.29, 0.717) is 19.0 Å². The molecule has 1 atom stereocenters. The van der Waals surface area contributed by atoms with Crippen molar-refractivity contribution in [1.82, 2.24) is 0 Å². The molecule has 0 aliphatic carbocycles. The Bertz CT molecular complexity index is 1320. The zero-order chi connectivity index (χ0) is 28.9. The Kier molecular flexibility index (Phi) is 9.35. The molecule has 0 bridgehead atoms. The maximum absolute atomic E-state index is 10.1. The van der Waals surface area contributed by atoms with Crippen LogP contribution in [0.1, 0.15) is 57.2 Å². The minimum absolute atomic E-state index is 0.0156. The van der Waals surface area contributed by atoms with Gasteiger partial charge in [0, 0.05) is 0 Å². The SMILES string of the molecule is C=C(CO[Si](c1ccccc1)(c1ccccc1)C(C)(C)C)C1=CCOC1CC/C(C)=C/c1cc(C)c(O)c(C)c1. The first-order valence-electron chi connectivity index (χ1n) is 14.2. The van der Waals surface area contributed by atoms with Crippen molar-refractivity contribution >= 4 is 24.8 Å². The van der Waals surface area contributed by atoms with Gasteiger partial charge < -0.3 is 14.3 Å². The van der Waals surface area contributed by atoms with E-state index in [-0.39, 0.29) is 11.1 Å². The Balaban J connectivity index is 1.50. The highest BCUT2D eigenvalue weighted by molar-refractivity contribution is 6.99. The fourth-order valence-electron chi connectivity index (χ4n) is 5.91. The monoisotopic (exact) mass is 552 g/mol. The third kappa shape index (κ3) is 6.41. The predicted octanol–water partition coefficient (Wildman–Crippen LogP) is 7.65. The number of aryl methyl sites for hydroxylation is 2. The quantitative estimate of drug-likeness (QED) is 0.263. The van der Waals surface area contributed by atoms with Gasteiger partial charge in [-0.1, -0.05) is 106 Å². The van der Waals surface area contributed by atoms with Gasteiger partial charge in [0.05, 0.1) is 19.3 Å². The molecular formula is C36H44O3Si. The van der Waals surface area contributed by atoms with E-state index in [0.717, 1.165) is 35.1 Å². The fourth-order valence-corrected chi connectivity index (χ4v) is 10.5. The molecule has 0 amide bonds. The second-order valence-corrected chi connectivity index (χ2v) is 16.4. The van der Waals surface area contributed by atoms with Crippen LogP contribution in [0.4, 0.5) is 0 Å². The van der Waals surface area contributed by atoms with Crippen LogP contribution in [0.5, 0.6) is 5.75 Å². The van der Waals surface area contributed by atoms with Gasteiger partial charge in [0.2, 0.25) is 0 Å². The van der Waals surface area contributed by atoms with Crippen LogP contribution < -0.4 is 10.4 Å². The van der Waals surface area contributed by atoms with Crippen LogP contribution in [0.2, 0.25) is 5.04 Å². The Morgan fingerprint density at radius 3 is 2.08 bits per heavy atom. The Morgan fingerprint density at radius 2 is 1.55 bits per heavy atom. The summed E-state index contributed by atoms with van der Waals surface area (Å²) in [4.78, 5) is 0. The van der Waals surface area contributed by atoms with Crippen molar-refractivity contribution in [3.05, 3.63) is 119 Å². The fraction of sp³-hybridized carbons (Fsp3) is 0.333. The molecule has 4 heteroatoms. The molecule has 1 unspecified atom stereocenters.